The van der Waals surface area contributed by atoms with Crippen molar-refractivity contribution in [1.82, 2.24) is 5.32 Å². The molecule has 0 heterocycles. The van der Waals surface area contributed by atoms with Gasteiger partial charge in [-0.2, -0.15) is 0 Å². The number of amides is 1. The van der Waals surface area contributed by atoms with E-state index in [0.29, 0.717) is 25.9 Å². The van der Waals surface area contributed by atoms with Gasteiger partial charge in [0.25, 0.3) is 0 Å². The molecule has 1 amide bonds. The van der Waals surface area contributed by atoms with Gasteiger partial charge in [-0.25, -0.2) is 4.79 Å². The van der Waals surface area contributed by atoms with Gasteiger partial charge in [0, 0.05) is 0 Å². The minimum absolute atomic E-state index is 0.172. The van der Waals surface area contributed by atoms with Gasteiger partial charge in [0.15, 0.2) is 0 Å². The summed E-state index contributed by atoms with van der Waals surface area (Å²) in [5.74, 6) is -2.72. The Bertz CT molecular complexity index is 846. The van der Waals surface area contributed by atoms with Crippen LogP contribution in [0.3, 0.4) is 0 Å². The van der Waals surface area contributed by atoms with E-state index in [2.05, 4.69) is 5.32 Å². The van der Waals surface area contributed by atoms with Crippen molar-refractivity contribution in [3.63, 3.8) is 0 Å². The van der Waals surface area contributed by atoms with Crippen LogP contribution in [-0.2, 0) is 25.7 Å². The summed E-state index contributed by atoms with van der Waals surface area (Å²) in [4.78, 5) is 36.8. The molecule has 0 aliphatic heterocycles. The zero-order valence-corrected chi connectivity index (χ0v) is 19.9. The lowest BCUT2D eigenvalue weighted by Gasteiger charge is -2.40. The van der Waals surface area contributed by atoms with Crippen molar-refractivity contribution in [1.29, 1.82) is 0 Å². The quantitative estimate of drug-likeness (QED) is 0.509. The predicted octanol–water partition coefficient (Wildman–Crippen LogP) is 4.25. The molecular formula is C26H37NO6. The molecule has 3 N–H and O–H groups in total. The molecule has 1 aromatic rings. The Hall–Kier alpha value is -2.41. The summed E-state index contributed by atoms with van der Waals surface area (Å²) in [7, 11) is 0. The van der Waals surface area contributed by atoms with Crippen molar-refractivity contribution in [3.8, 4) is 0 Å². The topological polar surface area (TPSA) is 113 Å². The average molecular weight is 460 g/mol. The molecule has 2 aliphatic carbocycles. The molecule has 1 aromatic carbocycles. The summed E-state index contributed by atoms with van der Waals surface area (Å²) in [6.07, 6.45) is 4.88. The summed E-state index contributed by atoms with van der Waals surface area (Å²) in [5, 5.41) is 22.1. The largest absolute Gasteiger partial charge is 0.481 e. The van der Waals surface area contributed by atoms with Crippen molar-refractivity contribution in [2.45, 2.75) is 84.5 Å². The van der Waals surface area contributed by atoms with Crippen LogP contribution in [0.4, 0.5) is 0 Å². The van der Waals surface area contributed by atoms with E-state index >= 15 is 0 Å². The highest BCUT2D eigenvalue weighted by Gasteiger charge is 2.58. The average Bonchev–Trinajstić information content (AvgIpc) is 3.03. The number of nitrogens with one attached hydrogen (secondary N) is 1. The van der Waals surface area contributed by atoms with Crippen LogP contribution < -0.4 is 5.32 Å². The predicted molar refractivity (Wildman–Crippen MR) is 123 cm³/mol. The smallest absolute Gasteiger partial charge is 0.326 e. The Morgan fingerprint density at radius 2 is 1.67 bits per heavy atom. The van der Waals surface area contributed by atoms with Gasteiger partial charge in [-0.15, -0.1) is 0 Å². The van der Waals surface area contributed by atoms with E-state index < -0.39 is 34.7 Å². The van der Waals surface area contributed by atoms with Crippen molar-refractivity contribution in [3.05, 3.63) is 35.9 Å². The first-order valence-corrected chi connectivity index (χ1v) is 12.0. The highest BCUT2D eigenvalue weighted by molar-refractivity contribution is 5.89. The van der Waals surface area contributed by atoms with E-state index in [-0.39, 0.29) is 17.9 Å². The third-order valence-electron chi connectivity index (χ3n) is 8.32. The zero-order valence-electron chi connectivity index (χ0n) is 19.9. The molecule has 182 valence electrons. The monoisotopic (exact) mass is 459 g/mol. The Morgan fingerprint density at radius 3 is 2.21 bits per heavy atom. The van der Waals surface area contributed by atoms with E-state index in [0.717, 1.165) is 31.2 Å². The summed E-state index contributed by atoms with van der Waals surface area (Å²) >= 11 is 0. The van der Waals surface area contributed by atoms with Crippen LogP contribution in [0.2, 0.25) is 0 Å². The molecule has 2 aliphatic rings. The Balaban J connectivity index is 1.53. The number of carboxylic acid groups (broad SMARTS) is 2. The Kier molecular flexibility index (Phi) is 7.83. The number of rotatable bonds is 9. The molecule has 0 bridgehead atoms. The fourth-order valence-corrected chi connectivity index (χ4v) is 5.53. The molecule has 2 saturated carbocycles. The lowest BCUT2D eigenvalue weighted by atomic mass is 9.65. The van der Waals surface area contributed by atoms with E-state index in [4.69, 9.17) is 4.74 Å². The number of aliphatic carboxylic acids is 2. The van der Waals surface area contributed by atoms with Crippen LogP contribution in [0, 0.1) is 22.7 Å². The molecule has 0 spiro atoms. The second-order valence-electron chi connectivity index (χ2n) is 10.5. The fourth-order valence-electron chi connectivity index (χ4n) is 5.53. The molecule has 7 nitrogen and oxygen atoms in total. The first-order chi connectivity index (χ1) is 15.5. The van der Waals surface area contributed by atoms with Gasteiger partial charge in [0.05, 0.1) is 24.0 Å². The number of benzene rings is 1. The number of carbonyl (C=O) groups is 3. The van der Waals surface area contributed by atoms with Crippen LogP contribution >= 0.6 is 0 Å². The lowest BCUT2D eigenvalue weighted by Crippen LogP contribution is -2.53. The maximum Gasteiger partial charge on any atom is 0.326 e. The van der Waals surface area contributed by atoms with Gasteiger partial charge in [-0.3, -0.25) is 9.59 Å². The summed E-state index contributed by atoms with van der Waals surface area (Å²) in [5.41, 5.74) is -0.547. The summed E-state index contributed by atoms with van der Waals surface area (Å²) in [6, 6.07) is 9.06. The minimum Gasteiger partial charge on any atom is -0.481 e. The van der Waals surface area contributed by atoms with Crippen LogP contribution in [0.1, 0.15) is 71.3 Å². The molecular weight excluding hydrogens is 422 g/mol. The second kappa shape index (κ2) is 10.2. The minimum atomic E-state index is -1.04. The van der Waals surface area contributed by atoms with Gasteiger partial charge in [0.1, 0.15) is 6.04 Å². The van der Waals surface area contributed by atoms with Crippen molar-refractivity contribution >= 4 is 17.8 Å². The van der Waals surface area contributed by atoms with Crippen molar-refractivity contribution in [2.75, 3.05) is 0 Å². The third kappa shape index (κ3) is 5.57. The summed E-state index contributed by atoms with van der Waals surface area (Å²) < 4.78 is 6.03. The van der Waals surface area contributed by atoms with E-state index in [1.807, 2.05) is 30.3 Å². The maximum absolute atomic E-state index is 13.2. The van der Waals surface area contributed by atoms with E-state index in [9.17, 15) is 24.6 Å². The molecule has 3 atom stereocenters. The Labute approximate surface area is 195 Å². The summed E-state index contributed by atoms with van der Waals surface area (Å²) in [6.45, 7) is 5.94. The molecule has 7 heteroatoms. The number of carbonyl (C=O) groups excluding carboxylic acids is 1. The first kappa shape index (κ1) is 25.2. The lowest BCUT2D eigenvalue weighted by molar-refractivity contribution is -0.151. The normalized spacial score (nSPS) is 29.8. The second-order valence-corrected chi connectivity index (χ2v) is 10.5. The molecule has 3 rings (SSSR count). The fraction of sp³-hybridized carbons (Fsp3) is 0.654. The van der Waals surface area contributed by atoms with Crippen LogP contribution in [0.5, 0.6) is 0 Å². The molecule has 0 saturated heterocycles. The van der Waals surface area contributed by atoms with Crippen LogP contribution in [-0.4, -0.2) is 40.2 Å². The van der Waals surface area contributed by atoms with E-state index in [1.165, 1.54) is 0 Å². The highest BCUT2D eigenvalue weighted by atomic mass is 16.5. The van der Waals surface area contributed by atoms with Gasteiger partial charge in [0.2, 0.25) is 5.91 Å². The third-order valence-corrected chi connectivity index (χ3v) is 8.32. The van der Waals surface area contributed by atoms with Crippen LogP contribution in [0.25, 0.3) is 0 Å². The molecule has 0 unspecified atom stereocenters. The number of ether oxygens (including phenoxy) is 1. The van der Waals surface area contributed by atoms with Gasteiger partial charge < -0.3 is 20.3 Å². The maximum atomic E-state index is 13.2. The highest BCUT2D eigenvalue weighted by Crippen LogP contribution is 2.56. The first-order valence-electron chi connectivity index (χ1n) is 12.0. The molecule has 2 fully saturated rings. The standard InChI is InChI=1S/C26H37NO6/c1-25(2)20(22(28)29)13-14-26(25,3)24(32)27-21(23(30)31)15-17-9-11-19(12-10-17)33-16-18-7-5-4-6-8-18/h4-8,17,19-21H,9-16H2,1-3H3,(H,27,32)(H,28,29)(H,30,31)/t17?,19?,20-,21+,26+/m1/s1. The van der Waals surface area contributed by atoms with Crippen molar-refractivity contribution in [2.24, 2.45) is 22.7 Å². The molecule has 0 aromatic heterocycles. The number of hydrogen-bond donors (Lipinski definition) is 3. The molecule has 0 radical (unpaired) electrons. The number of carboxylic acids is 2. The van der Waals surface area contributed by atoms with Crippen LogP contribution in [0.15, 0.2) is 30.3 Å². The SMILES string of the molecule is CC1(C)[C@@H](C(=O)O)CC[C@@]1(C)C(=O)N[C@@H](CC1CCC(OCc2ccccc2)CC1)C(=O)O. The van der Waals surface area contributed by atoms with Gasteiger partial charge in [-0.05, 0) is 61.8 Å². The van der Waals surface area contributed by atoms with Gasteiger partial charge in [-0.1, -0.05) is 51.1 Å². The molecule has 33 heavy (non-hydrogen) atoms. The van der Waals surface area contributed by atoms with E-state index in [1.54, 1.807) is 20.8 Å². The van der Waals surface area contributed by atoms with Crippen molar-refractivity contribution < 1.29 is 29.3 Å². The Morgan fingerprint density at radius 1 is 1.03 bits per heavy atom. The van der Waals surface area contributed by atoms with Gasteiger partial charge >= 0.3 is 11.9 Å². The zero-order chi connectivity index (χ0) is 24.2. The number of hydrogen-bond acceptors (Lipinski definition) is 4.